The average molecular weight is 400 g/mol. The van der Waals surface area contributed by atoms with Crippen LogP contribution in [0.4, 0.5) is 0 Å². The Balaban J connectivity index is 1.98. The molecule has 0 aliphatic carbocycles. The molecule has 0 saturated carbocycles. The zero-order chi connectivity index (χ0) is 22.3. The number of halogens is 1. The highest BCUT2D eigenvalue weighted by Gasteiger charge is 2.29. The summed E-state index contributed by atoms with van der Waals surface area (Å²) in [5, 5.41) is 18.3. The van der Waals surface area contributed by atoms with E-state index in [-0.39, 0.29) is 12.2 Å². The number of fused-ring (bicyclic) bond motifs is 3. The minimum atomic E-state index is -2.62. The molecule has 8 heteroatoms. The van der Waals surface area contributed by atoms with Gasteiger partial charge in [-0.05, 0) is 37.3 Å². The molecule has 28 heavy (non-hydrogen) atoms. The van der Waals surface area contributed by atoms with Crippen molar-refractivity contribution in [2.45, 2.75) is 19.4 Å². The summed E-state index contributed by atoms with van der Waals surface area (Å²) in [4.78, 5) is 16.3. The van der Waals surface area contributed by atoms with Crippen molar-refractivity contribution in [1.82, 2.24) is 14.8 Å². The van der Waals surface area contributed by atoms with Crippen LogP contribution < -0.4 is 4.74 Å². The molecule has 2 heterocycles. The first-order valence-electron chi connectivity index (χ1n) is 9.93. The van der Waals surface area contributed by atoms with Gasteiger partial charge in [0.1, 0.15) is 17.6 Å². The van der Waals surface area contributed by atoms with E-state index in [0.717, 1.165) is 0 Å². The maximum atomic E-state index is 11.5. The summed E-state index contributed by atoms with van der Waals surface area (Å²) in [6, 6.07) is 10.9. The number of carboxylic acids is 1. The second-order valence-electron chi connectivity index (χ2n) is 6.32. The van der Waals surface area contributed by atoms with Gasteiger partial charge in [-0.15, -0.1) is 10.2 Å². The lowest BCUT2D eigenvalue weighted by molar-refractivity contribution is -0.137. The highest BCUT2D eigenvalue weighted by Crippen LogP contribution is 2.34. The van der Waals surface area contributed by atoms with Crippen LogP contribution in [0.25, 0.3) is 5.69 Å². The van der Waals surface area contributed by atoms with E-state index in [1.54, 1.807) is 47.9 Å². The minimum Gasteiger partial charge on any atom is -0.497 e. The lowest BCUT2D eigenvalue weighted by atomic mass is 10.00. The molecule has 0 saturated heterocycles. The van der Waals surface area contributed by atoms with Crippen LogP contribution in [0.5, 0.6) is 5.75 Å². The van der Waals surface area contributed by atoms with Crippen LogP contribution in [0.1, 0.15) is 39.4 Å². The van der Waals surface area contributed by atoms with Crippen molar-refractivity contribution >= 4 is 23.3 Å². The summed E-state index contributed by atoms with van der Waals surface area (Å²) >= 11 is 6.03. The number of aromatic nitrogens is 3. The van der Waals surface area contributed by atoms with E-state index in [0.29, 0.717) is 39.2 Å². The van der Waals surface area contributed by atoms with E-state index in [1.807, 2.05) is 0 Å². The number of benzene rings is 2. The standard InChI is InChI=1S/C20H17ClN4O3/c1-11-23-24-20-16(10-18(26)27)22-19(12-3-5-13(21)6-4-12)15-9-14(28-2)7-8-17(15)25(11)20/h3-9,16H,10H2,1-2H3,(H,26,27)/t16-/m0/s1/i2D3. The zero-order valence-corrected chi connectivity index (χ0v) is 15.5. The Kier molecular flexibility index (Phi) is 3.75. The monoisotopic (exact) mass is 399 g/mol. The van der Waals surface area contributed by atoms with Crippen molar-refractivity contribution in [3.05, 3.63) is 70.3 Å². The summed E-state index contributed by atoms with van der Waals surface area (Å²) in [6.07, 6.45) is -0.290. The summed E-state index contributed by atoms with van der Waals surface area (Å²) in [6.45, 7) is 1.75. The van der Waals surface area contributed by atoms with Gasteiger partial charge in [-0.3, -0.25) is 14.4 Å². The van der Waals surface area contributed by atoms with Crippen LogP contribution in [-0.2, 0) is 4.79 Å². The van der Waals surface area contributed by atoms with E-state index in [2.05, 4.69) is 10.2 Å². The quantitative estimate of drug-likeness (QED) is 0.723. The number of hydrogen-bond acceptors (Lipinski definition) is 5. The molecule has 0 fully saturated rings. The first-order chi connectivity index (χ1) is 14.6. The molecule has 0 spiro atoms. The Labute approximate surface area is 170 Å². The Morgan fingerprint density at radius 3 is 2.79 bits per heavy atom. The third kappa shape index (κ3) is 3.14. The number of carbonyl (C=O) groups is 1. The summed E-state index contributed by atoms with van der Waals surface area (Å²) in [5.74, 6) is 0.0245. The molecule has 0 unspecified atom stereocenters. The van der Waals surface area contributed by atoms with Crippen LogP contribution in [0.15, 0.2) is 47.5 Å². The van der Waals surface area contributed by atoms with E-state index in [4.69, 9.17) is 25.4 Å². The molecule has 0 radical (unpaired) electrons. The number of hydrogen-bond donors (Lipinski definition) is 1. The molecule has 1 aliphatic rings. The normalized spacial score (nSPS) is 17.3. The molecular formula is C20H17ClN4O3. The largest absolute Gasteiger partial charge is 0.497 e. The number of aliphatic carboxylic acids is 1. The summed E-state index contributed by atoms with van der Waals surface area (Å²) in [5.41, 5.74) is 2.35. The van der Waals surface area contributed by atoms with Crippen LogP contribution in [0.3, 0.4) is 0 Å². The zero-order valence-electron chi connectivity index (χ0n) is 17.8. The lowest BCUT2D eigenvalue weighted by Crippen LogP contribution is -2.10. The molecule has 4 rings (SSSR count). The Hall–Kier alpha value is -3.19. The third-order valence-corrected chi connectivity index (χ3v) is 4.75. The van der Waals surface area contributed by atoms with Crippen molar-refractivity contribution < 1.29 is 18.8 Å². The number of ether oxygens (including phenoxy) is 1. The number of rotatable bonds is 4. The maximum Gasteiger partial charge on any atom is 0.306 e. The van der Waals surface area contributed by atoms with E-state index < -0.39 is 19.0 Å². The molecular weight excluding hydrogens is 380 g/mol. The minimum absolute atomic E-state index is 0.129. The van der Waals surface area contributed by atoms with Gasteiger partial charge in [-0.1, -0.05) is 23.7 Å². The number of aryl methyl sites for hydroxylation is 1. The molecule has 142 valence electrons. The van der Waals surface area contributed by atoms with E-state index in [9.17, 15) is 9.90 Å². The maximum absolute atomic E-state index is 11.5. The van der Waals surface area contributed by atoms with E-state index in [1.165, 1.54) is 6.07 Å². The summed E-state index contributed by atoms with van der Waals surface area (Å²) < 4.78 is 29.0. The van der Waals surface area contributed by atoms with Crippen LogP contribution >= 0.6 is 11.6 Å². The molecule has 1 atom stereocenters. The van der Waals surface area contributed by atoms with Crippen molar-refractivity contribution in [3.8, 4) is 11.4 Å². The van der Waals surface area contributed by atoms with Gasteiger partial charge < -0.3 is 9.84 Å². The smallest absolute Gasteiger partial charge is 0.306 e. The fourth-order valence-electron chi connectivity index (χ4n) is 3.28. The van der Waals surface area contributed by atoms with Gasteiger partial charge in [0.25, 0.3) is 0 Å². The first kappa shape index (κ1) is 14.8. The number of methoxy groups -OCH3 is 1. The van der Waals surface area contributed by atoms with Crippen molar-refractivity contribution in [1.29, 1.82) is 0 Å². The van der Waals surface area contributed by atoms with Crippen molar-refractivity contribution in [2.24, 2.45) is 4.99 Å². The Morgan fingerprint density at radius 2 is 2.07 bits per heavy atom. The molecule has 1 N–H and O–H groups in total. The molecule has 3 aromatic rings. The molecule has 2 aromatic carbocycles. The molecule has 1 aromatic heterocycles. The molecule has 1 aliphatic heterocycles. The van der Waals surface area contributed by atoms with Gasteiger partial charge in [0.2, 0.25) is 0 Å². The Morgan fingerprint density at radius 1 is 1.29 bits per heavy atom. The van der Waals surface area contributed by atoms with Gasteiger partial charge in [-0.2, -0.15) is 0 Å². The van der Waals surface area contributed by atoms with Gasteiger partial charge in [0.15, 0.2) is 5.82 Å². The van der Waals surface area contributed by atoms with E-state index >= 15 is 0 Å². The predicted octanol–water partition coefficient (Wildman–Crippen LogP) is 3.60. The van der Waals surface area contributed by atoms with Gasteiger partial charge >= 0.3 is 5.97 Å². The predicted molar refractivity (Wildman–Crippen MR) is 105 cm³/mol. The topological polar surface area (TPSA) is 89.6 Å². The number of aliphatic imine (C=N–C) groups is 1. The fourth-order valence-corrected chi connectivity index (χ4v) is 3.40. The number of nitrogens with zero attached hydrogens (tertiary/aromatic N) is 4. The van der Waals surface area contributed by atoms with Gasteiger partial charge in [0.05, 0.1) is 29.0 Å². The lowest BCUT2D eigenvalue weighted by Gasteiger charge is -2.14. The second kappa shape index (κ2) is 7.09. The average Bonchev–Trinajstić information content (AvgIpc) is 2.99. The fraction of sp³-hybridized carbons (Fsp3) is 0.200. The first-order valence-corrected chi connectivity index (χ1v) is 8.81. The van der Waals surface area contributed by atoms with Gasteiger partial charge in [0, 0.05) is 16.1 Å². The third-order valence-electron chi connectivity index (χ3n) is 4.50. The molecule has 0 amide bonds. The Bertz CT molecular complexity index is 1190. The van der Waals surface area contributed by atoms with Crippen molar-refractivity contribution in [3.63, 3.8) is 0 Å². The van der Waals surface area contributed by atoms with Crippen LogP contribution in [0.2, 0.25) is 5.02 Å². The molecule has 0 bridgehead atoms. The van der Waals surface area contributed by atoms with Crippen molar-refractivity contribution in [2.75, 3.05) is 7.04 Å². The highest BCUT2D eigenvalue weighted by atomic mass is 35.5. The highest BCUT2D eigenvalue weighted by molar-refractivity contribution is 6.30. The summed E-state index contributed by atoms with van der Waals surface area (Å²) in [7, 11) is -2.62. The molecule has 7 nitrogen and oxygen atoms in total. The number of carboxylic acid groups (broad SMARTS) is 1. The van der Waals surface area contributed by atoms with Gasteiger partial charge in [-0.25, -0.2) is 0 Å². The van der Waals surface area contributed by atoms with Crippen LogP contribution in [0, 0.1) is 6.92 Å². The van der Waals surface area contributed by atoms with Crippen LogP contribution in [-0.4, -0.2) is 38.6 Å². The SMILES string of the molecule is [2H]C([2H])([2H])Oc1ccc2c(c1)C(c1ccc(Cl)cc1)=N[C@@H](CC(=O)O)c1nnc(C)n1-2. The second-order valence-corrected chi connectivity index (χ2v) is 6.76.